The summed E-state index contributed by atoms with van der Waals surface area (Å²) in [6, 6.07) is -0.232. The Kier molecular flexibility index (Phi) is 3.72. The summed E-state index contributed by atoms with van der Waals surface area (Å²) in [4.78, 5) is 10.6. The quantitative estimate of drug-likeness (QED) is 0.755. The smallest absolute Gasteiger partial charge is 0.320 e. The Balaban J connectivity index is 3.17. The molecule has 6 heteroatoms. The fourth-order valence-electron chi connectivity index (χ4n) is 1.31. The summed E-state index contributed by atoms with van der Waals surface area (Å²) in [6.45, 7) is 1.56. The van der Waals surface area contributed by atoms with Crippen molar-refractivity contribution in [2.24, 2.45) is 5.73 Å². The molecule has 0 saturated carbocycles. The molecule has 1 atom stereocenters. The SMILES string of the molecule is Cc1c(Cl)cc(F)c(O)c1CC(N)C(=O)O. The standard InChI is InChI=1S/C10H11ClFNO3/c1-4-5(2-8(13)10(15)16)9(14)7(12)3-6(4)11/h3,8,14H,2,13H2,1H3,(H,15,16). The van der Waals surface area contributed by atoms with Gasteiger partial charge in [0.05, 0.1) is 0 Å². The maximum absolute atomic E-state index is 13.1. The second-order valence-electron chi connectivity index (χ2n) is 3.44. The number of aliphatic carboxylic acids is 1. The molecule has 4 N–H and O–H groups in total. The number of hydrogen-bond acceptors (Lipinski definition) is 3. The molecule has 4 nitrogen and oxygen atoms in total. The van der Waals surface area contributed by atoms with Gasteiger partial charge in [0, 0.05) is 17.0 Å². The zero-order chi connectivity index (χ0) is 12.5. The van der Waals surface area contributed by atoms with Crippen molar-refractivity contribution in [3.8, 4) is 5.75 Å². The highest BCUT2D eigenvalue weighted by atomic mass is 35.5. The van der Waals surface area contributed by atoms with Gasteiger partial charge in [0.25, 0.3) is 0 Å². The number of nitrogens with two attached hydrogens (primary N) is 1. The minimum atomic E-state index is -1.22. The van der Waals surface area contributed by atoms with Crippen LogP contribution in [0, 0.1) is 12.7 Å². The topological polar surface area (TPSA) is 83.5 Å². The van der Waals surface area contributed by atoms with E-state index in [0.29, 0.717) is 5.56 Å². The van der Waals surface area contributed by atoms with Gasteiger partial charge in [0.2, 0.25) is 0 Å². The zero-order valence-electron chi connectivity index (χ0n) is 8.50. The number of phenolic OH excluding ortho intramolecular Hbond substituents is 1. The molecule has 0 aromatic heterocycles. The van der Waals surface area contributed by atoms with Crippen molar-refractivity contribution >= 4 is 17.6 Å². The summed E-state index contributed by atoms with van der Waals surface area (Å²) < 4.78 is 13.1. The maximum Gasteiger partial charge on any atom is 0.320 e. The number of carboxylic acid groups (broad SMARTS) is 1. The molecule has 0 spiro atoms. The molecule has 0 saturated heterocycles. The van der Waals surface area contributed by atoms with Gasteiger partial charge in [-0.2, -0.15) is 0 Å². The highest BCUT2D eigenvalue weighted by Crippen LogP contribution is 2.31. The maximum atomic E-state index is 13.1. The highest BCUT2D eigenvalue weighted by Gasteiger charge is 2.20. The van der Waals surface area contributed by atoms with Gasteiger partial charge in [-0.05, 0) is 18.6 Å². The first-order valence-corrected chi connectivity index (χ1v) is 4.87. The van der Waals surface area contributed by atoms with E-state index < -0.39 is 23.6 Å². The lowest BCUT2D eigenvalue weighted by atomic mass is 10.00. The monoisotopic (exact) mass is 247 g/mol. The Labute approximate surface area is 96.4 Å². The molecule has 1 aromatic rings. The van der Waals surface area contributed by atoms with Gasteiger partial charge in [-0.15, -0.1) is 0 Å². The summed E-state index contributed by atoms with van der Waals surface area (Å²) in [7, 11) is 0. The molecule has 0 radical (unpaired) electrons. The van der Waals surface area contributed by atoms with Crippen LogP contribution in [0.15, 0.2) is 6.07 Å². The molecule has 1 aromatic carbocycles. The van der Waals surface area contributed by atoms with E-state index in [1.54, 1.807) is 6.92 Å². The fraction of sp³-hybridized carbons (Fsp3) is 0.300. The lowest BCUT2D eigenvalue weighted by Gasteiger charge is -2.13. The Bertz CT molecular complexity index is 410. The number of carbonyl (C=O) groups is 1. The predicted molar refractivity (Wildman–Crippen MR) is 57.1 cm³/mol. The average Bonchev–Trinajstić information content (AvgIpc) is 2.21. The number of halogens is 2. The third-order valence-electron chi connectivity index (χ3n) is 2.32. The second-order valence-corrected chi connectivity index (χ2v) is 3.85. The average molecular weight is 248 g/mol. The molecule has 1 unspecified atom stereocenters. The minimum Gasteiger partial charge on any atom is -0.505 e. The molecule has 0 aliphatic rings. The van der Waals surface area contributed by atoms with E-state index in [4.69, 9.17) is 22.4 Å². The summed E-state index contributed by atoms with van der Waals surface area (Å²) >= 11 is 5.71. The third kappa shape index (κ3) is 2.43. The fourth-order valence-corrected chi connectivity index (χ4v) is 1.52. The number of rotatable bonds is 3. The van der Waals surface area contributed by atoms with Crippen LogP contribution in [0.25, 0.3) is 0 Å². The number of hydrogen-bond donors (Lipinski definition) is 3. The van der Waals surface area contributed by atoms with Crippen molar-refractivity contribution in [2.75, 3.05) is 0 Å². The van der Waals surface area contributed by atoms with Crippen molar-refractivity contribution in [3.63, 3.8) is 0 Å². The number of carboxylic acids is 1. The third-order valence-corrected chi connectivity index (χ3v) is 2.71. The van der Waals surface area contributed by atoms with E-state index >= 15 is 0 Å². The Morgan fingerprint density at radius 2 is 2.25 bits per heavy atom. The van der Waals surface area contributed by atoms with Crippen LogP contribution in [0.2, 0.25) is 5.02 Å². The lowest BCUT2D eigenvalue weighted by Crippen LogP contribution is -2.32. The van der Waals surface area contributed by atoms with Crippen molar-refractivity contribution in [1.29, 1.82) is 0 Å². The van der Waals surface area contributed by atoms with Crippen LogP contribution < -0.4 is 5.73 Å². The normalized spacial score (nSPS) is 12.5. The van der Waals surface area contributed by atoms with E-state index in [0.717, 1.165) is 6.07 Å². The van der Waals surface area contributed by atoms with Crippen LogP contribution >= 0.6 is 11.6 Å². The highest BCUT2D eigenvalue weighted by molar-refractivity contribution is 6.31. The molecule has 0 heterocycles. The van der Waals surface area contributed by atoms with Gasteiger partial charge in [-0.3, -0.25) is 4.79 Å². The number of benzene rings is 1. The zero-order valence-corrected chi connectivity index (χ0v) is 9.25. The van der Waals surface area contributed by atoms with Crippen LogP contribution in [-0.4, -0.2) is 22.2 Å². The van der Waals surface area contributed by atoms with E-state index in [1.807, 2.05) is 0 Å². The summed E-state index contributed by atoms with van der Waals surface area (Å²) in [6.07, 6.45) is -0.176. The number of phenols is 1. The van der Waals surface area contributed by atoms with Crippen molar-refractivity contribution in [1.82, 2.24) is 0 Å². The molecule has 0 amide bonds. The Hall–Kier alpha value is -1.33. The van der Waals surface area contributed by atoms with Gasteiger partial charge in [-0.1, -0.05) is 11.6 Å². The van der Waals surface area contributed by atoms with Crippen LogP contribution in [0.4, 0.5) is 4.39 Å². The van der Waals surface area contributed by atoms with E-state index in [1.165, 1.54) is 0 Å². The molecular weight excluding hydrogens is 237 g/mol. The predicted octanol–water partition coefficient (Wildman–Crippen LogP) is 1.45. The number of aromatic hydroxyl groups is 1. The second kappa shape index (κ2) is 4.67. The molecule has 0 fully saturated rings. The largest absolute Gasteiger partial charge is 0.505 e. The first-order valence-electron chi connectivity index (χ1n) is 4.49. The van der Waals surface area contributed by atoms with Crippen molar-refractivity contribution in [2.45, 2.75) is 19.4 Å². The van der Waals surface area contributed by atoms with Gasteiger partial charge < -0.3 is 15.9 Å². The molecule has 0 aliphatic heterocycles. The van der Waals surface area contributed by atoms with Crippen molar-refractivity contribution in [3.05, 3.63) is 28.0 Å². The molecule has 88 valence electrons. The van der Waals surface area contributed by atoms with E-state index in [9.17, 15) is 14.3 Å². The summed E-state index contributed by atoms with van der Waals surface area (Å²) in [5, 5.41) is 18.2. The van der Waals surface area contributed by atoms with Crippen LogP contribution in [-0.2, 0) is 11.2 Å². The van der Waals surface area contributed by atoms with Gasteiger partial charge in [-0.25, -0.2) is 4.39 Å². The first kappa shape index (κ1) is 12.7. The van der Waals surface area contributed by atoms with Crippen LogP contribution in [0.5, 0.6) is 5.75 Å². The molecule has 1 rings (SSSR count). The van der Waals surface area contributed by atoms with Gasteiger partial charge >= 0.3 is 5.97 Å². The van der Waals surface area contributed by atoms with E-state index in [2.05, 4.69) is 0 Å². The first-order chi connectivity index (χ1) is 7.34. The summed E-state index contributed by atoms with van der Waals surface area (Å²) in [5.74, 6) is -2.71. The Morgan fingerprint density at radius 3 is 2.75 bits per heavy atom. The Morgan fingerprint density at radius 1 is 1.69 bits per heavy atom. The lowest BCUT2D eigenvalue weighted by molar-refractivity contribution is -0.138. The van der Waals surface area contributed by atoms with Gasteiger partial charge in [0.15, 0.2) is 11.6 Å². The van der Waals surface area contributed by atoms with Gasteiger partial charge in [0.1, 0.15) is 6.04 Å². The minimum absolute atomic E-state index is 0.125. The molecule has 0 aliphatic carbocycles. The molecule has 0 bridgehead atoms. The van der Waals surface area contributed by atoms with Crippen molar-refractivity contribution < 1.29 is 19.4 Å². The van der Waals surface area contributed by atoms with E-state index in [-0.39, 0.29) is 17.0 Å². The summed E-state index contributed by atoms with van der Waals surface area (Å²) in [5.41, 5.74) is 5.86. The molecule has 16 heavy (non-hydrogen) atoms. The van der Waals surface area contributed by atoms with Crippen LogP contribution in [0.1, 0.15) is 11.1 Å². The molecular formula is C10H11ClFNO3. The van der Waals surface area contributed by atoms with Crippen LogP contribution in [0.3, 0.4) is 0 Å².